The van der Waals surface area contributed by atoms with Gasteiger partial charge in [-0.1, -0.05) is 0 Å². The lowest BCUT2D eigenvalue weighted by atomic mass is 10.1. The van der Waals surface area contributed by atoms with Gasteiger partial charge in [0.15, 0.2) is 0 Å². The van der Waals surface area contributed by atoms with E-state index in [2.05, 4.69) is 16.4 Å². The number of nitriles is 1. The quantitative estimate of drug-likeness (QED) is 0.752. The van der Waals surface area contributed by atoms with Crippen molar-refractivity contribution in [3.8, 4) is 6.07 Å². The van der Waals surface area contributed by atoms with Gasteiger partial charge in [-0.3, -0.25) is 4.98 Å². The summed E-state index contributed by atoms with van der Waals surface area (Å²) >= 11 is 0. The van der Waals surface area contributed by atoms with Crippen LogP contribution in [0.25, 0.3) is 0 Å². The van der Waals surface area contributed by atoms with Crippen molar-refractivity contribution in [2.24, 2.45) is 5.73 Å². The van der Waals surface area contributed by atoms with Crippen molar-refractivity contribution >= 4 is 5.69 Å². The zero-order valence-electron chi connectivity index (χ0n) is 8.91. The average molecular weight is 202 g/mol. The Kier molecular flexibility index (Phi) is 2.33. The molecule has 1 heterocycles. The van der Waals surface area contributed by atoms with Crippen molar-refractivity contribution in [2.45, 2.75) is 32.4 Å². The van der Waals surface area contributed by atoms with E-state index in [9.17, 15) is 0 Å². The number of pyridine rings is 1. The molecule has 0 bridgehead atoms. The first-order valence-electron chi connectivity index (χ1n) is 5.02. The second-order valence-corrected chi connectivity index (χ2v) is 4.03. The number of anilines is 1. The van der Waals surface area contributed by atoms with Crippen LogP contribution in [0, 0.1) is 25.2 Å². The van der Waals surface area contributed by atoms with Crippen molar-refractivity contribution in [2.75, 3.05) is 5.32 Å². The minimum Gasteiger partial charge on any atom is -0.380 e. The van der Waals surface area contributed by atoms with Crippen LogP contribution in [0.15, 0.2) is 6.07 Å². The van der Waals surface area contributed by atoms with Gasteiger partial charge in [0.1, 0.15) is 6.07 Å². The Morgan fingerprint density at radius 3 is 2.80 bits per heavy atom. The number of hydrogen-bond acceptors (Lipinski definition) is 4. The van der Waals surface area contributed by atoms with E-state index in [4.69, 9.17) is 11.0 Å². The molecule has 2 rings (SSSR count). The van der Waals surface area contributed by atoms with E-state index in [0.29, 0.717) is 11.6 Å². The Morgan fingerprint density at radius 2 is 2.27 bits per heavy atom. The summed E-state index contributed by atoms with van der Waals surface area (Å²) in [4.78, 5) is 4.26. The number of nitrogens with two attached hydrogens (primary N) is 1. The van der Waals surface area contributed by atoms with Crippen LogP contribution < -0.4 is 11.1 Å². The van der Waals surface area contributed by atoms with Crippen LogP contribution in [0.4, 0.5) is 5.69 Å². The lowest BCUT2D eigenvalue weighted by Gasteiger charge is -2.09. The number of aryl methyl sites for hydroxylation is 2. The molecule has 0 spiro atoms. The number of nitrogens with one attached hydrogen (secondary N) is 1. The van der Waals surface area contributed by atoms with Crippen LogP contribution in [-0.4, -0.2) is 17.1 Å². The van der Waals surface area contributed by atoms with Gasteiger partial charge in [0.2, 0.25) is 0 Å². The molecule has 0 saturated heterocycles. The standard InChI is InChI=1S/C11H14N4/c1-6-3-10(15-11-4-9(11)13)8(5-12)7(2)14-6/h3,9,11H,4,13H2,1-2H3,(H,14,15). The van der Waals surface area contributed by atoms with Crippen molar-refractivity contribution in [3.63, 3.8) is 0 Å². The Morgan fingerprint density at radius 1 is 1.60 bits per heavy atom. The van der Waals surface area contributed by atoms with Gasteiger partial charge < -0.3 is 11.1 Å². The zero-order valence-corrected chi connectivity index (χ0v) is 8.91. The highest BCUT2D eigenvalue weighted by Gasteiger charge is 2.33. The predicted molar refractivity (Wildman–Crippen MR) is 58.4 cm³/mol. The van der Waals surface area contributed by atoms with Gasteiger partial charge in [-0.25, -0.2) is 0 Å². The molecule has 1 fully saturated rings. The van der Waals surface area contributed by atoms with E-state index in [1.807, 2.05) is 19.9 Å². The molecule has 1 saturated carbocycles. The third-order valence-corrected chi connectivity index (χ3v) is 2.62. The smallest absolute Gasteiger partial charge is 0.103 e. The van der Waals surface area contributed by atoms with Crippen LogP contribution in [0.1, 0.15) is 23.4 Å². The number of nitrogens with zero attached hydrogens (tertiary/aromatic N) is 2. The van der Waals surface area contributed by atoms with Gasteiger partial charge in [-0.15, -0.1) is 0 Å². The minimum atomic E-state index is 0.227. The van der Waals surface area contributed by atoms with E-state index in [-0.39, 0.29) is 6.04 Å². The molecule has 1 aliphatic carbocycles. The summed E-state index contributed by atoms with van der Waals surface area (Å²) in [6.07, 6.45) is 0.977. The van der Waals surface area contributed by atoms with Gasteiger partial charge in [-0.2, -0.15) is 5.26 Å². The molecule has 0 aromatic carbocycles. The summed E-state index contributed by atoms with van der Waals surface area (Å²) in [6, 6.07) is 4.62. The molecule has 0 amide bonds. The fraction of sp³-hybridized carbons (Fsp3) is 0.455. The molecule has 1 aromatic rings. The molecule has 0 aliphatic heterocycles. The predicted octanol–water partition coefficient (Wildman–Crippen LogP) is 1.08. The fourth-order valence-electron chi connectivity index (χ4n) is 1.66. The van der Waals surface area contributed by atoms with E-state index in [1.54, 1.807) is 0 Å². The van der Waals surface area contributed by atoms with Crippen molar-refractivity contribution in [1.29, 1.82) is 5.26 Å². The van der Waals surface area contributed by atoms with Crippen LogP contribution in [-0.2, 0) is 0 Å². The summed E-state index contributed by atoms with van der Waals surface area (Å²) in [7, 11) is 0. The maximum atomic E-state index is 9.03. The molecule has 2 atom stereocenters. The average Bonchev–Trinajstić information content (AvgIpc) is 2.81. The Labute approximate surface area is 89.1 Å². The first kappa shape index (κ1) is 9.94. The maximum absolute atomic E-state index is 9.03. The molecule has 2 unspecified atom stereocenters. The van der Waals surface area contributed by atoms with Crippen molar-refractivity contribution < 1.29 is 0 Å². The fourth-order valence-corrected chi connectivity index (χ4v) is 1.66. The first-order chi connectivity index (χ1) is 7.11. The molecule has 4 nitrogen and oxygen atoms in total. The normalized spacial score (nSPS) is 23.3. The summed E-state index contributed by atoms with van der Waals surface area (Å²) in [5.41, 5.74) is 8.90. The lowest BCUT2D eigenvalue weighted by Crippen LogP contribution is -2.14. The molecule has 1 aliphatic rings. The highest BCUT2D eigenvalue weighted by Crippen LogP contribution is 2.27. The summed E-state index contributed by atoms with van der Waals surface area (Å²) in [6.45, 7) is 3.77. The number of aromatic nitrogens is 1. The minimum absolute atomic E-state index is 0.227. The van der Waals surface area contributed by atoms with E-state index < -0.39 is 0 Å². The molecule has 4 heteroatoms. The molecular weight excluding hydrogens is 188 g/mol. The molecular formula is C11H14N4. The van der Waals surface area contributed by atoms with E-state index in [0.717, 1.165) is 23.5 Å². The van der Waals surface area contributed by atoms with E-state index >= 15 is 0 Å². The highest BCUT2D eigenvalue weighted by atomic mass is 15.0. The lowest BCUT2D eigenvalue weighted by molar-refractivity contribution is 0.999. The number of rotatable bonds is 2. The third kappa shape index (κ3) is 1.92. The highest BCUT2D eigenvalue weighted by molar-refractivity contribution is 5.61. The van der Waals surface area contributed by atoms with Gasteiger partial charge in [0.25, 0.3) is 0 Å². The van der Waals surface area contributed by atoms with Gasteiger partial charge in [0, 0.05) is 17.8 Å². The van der Waals surface area contributed by atoms with Crippen molar-refractivity contribution in [3.05, 3.63) is 23.0 Å². The monoisotopic (exact) mass is 202 g/mol. The first-order valence-corrected chi connectivity index (χ1v) is 5.02. The van der Waals surface area contributed by atoms with Crippen molar-refractivity contribution in [1.82, 2.24) is 4.98 Å². The summed E-state index contributed by atoms with van der Waals surface area (Å²) < 4.78 is 0. The SMILES string of the molecule is Cc1cc(NC2CC2N)c(C#N)c(C)n1. The number of hydrogen-bond donors (Lipinski definition) is 2. The van der Waals surface area contributed by atoms with Crippen LogP contribution in [0.3, 0.4) is 0 Å². The maximum Gasteiger partial charge on any atom is 0.103 e. The second-order valence-electron chi connectivity index (χ2n) is 4.03. The van der Waals surface area contributed by atoms with Gasteiger partial charge >= 0.3 is 0 Å². The zero-order chi connectivity index (χ0) is 11.0. The van der Waals surface area contributed by atoms with Gasteiger partial charge in [-0.05, 0) is 26.3 Å². The molecule has 0 radical (unpaired) electrons. The van der Waals surface area contributed by atoms with E-state index in [1.165, 1.54) is 0 Å². The Hall–Kier alpha value is -1.60. The van der Waals surface area contributed by atoms with Crippen LogP contribution in [0.2, 0.25) is 0 Å². The molecule has 15 heavy (non-hydrogen) atoms. The second kappa shape index (κ2) is 3.52. The summed E-state index contributed by atoms with van der Waals surface area (Å²) in [5, 5.41) is 12.3. The summed E-state index contributed by atoms with van der Waals surface area (Å²) in [5.74, 6) is 0. The van der Waals surface area contributed by atoms with Crippen LogP contribution in [0.5, 0.6) is 0 Å². The molecule has 1 aromatic heterocycles. The van der Waals surface area contributed by atoms with Gasteiger partial charge in [0.05, 0.1) is 16.9 Å². The largest absolute Gasteiger partial charge is 0.380 e. The third-order valence-electron chi connectivity index (χ3n) is 2.62. The Bertz CT molecular complexity index is 433. The Balaban J connectivity index is 2.32. The molecule has 3 N–H and O–H groups in total. The topological polar surface area (TPSA) is 74.7 Å². The van der Waals surface area contributed by atoms with Crippen LogP contribution >= 0.6 is 0 Å². The molecule has 78 valence electrons.